The molecule has 1 aromatic carbocycles. The minimum absolute atomic E-state index is 0.108. The monoisotopic (exact) mass is 447 g/mol. The number of aliphatic hydroxyl groups excluding tert-OH is 1. The van der Waals surface area contributed by atoms with E-state index in [0.717, 1.165) is 36.0 Å². The van der Waals surface area contributed by atoms with Gasteiger partial charge in [-0.1, -0.05) is 30.7 Å². The highest BCUT2D eigenvalue weighted by Gasteiger charge is 2.52. The molecule has 3 atom stereocenters. The van der Waals surface area contributed by atoms with Gasteiger partial charge in [0.1, 0.15) is 6.61 Å². The zero-order valence-electron chi connectivity index (χ0n) is 17.9. The van der Waals surface area contributed by atoms with Crippen LogP contribution in [0.15, 0.2) is 35.9 Å². The number of aryl methyl sites for hydroxylation is 1. The standard InChI is InChI=1S/C23H29NO6S/c1-4-30-13-21(26)24(31(27,28)29)16-6-8-17-15(12-16)5-7-19-18(17)9-10-23(3)20(25)11-14(2)22(19)23/h6,8,12,20,22,25H,2,4-5,7,9-11,13H2,1,3H3,(H,27,28,29)/t20-,22-,23+/m0/s1. The highest BCUT2D eigenvalue weighted by Crippen LogP contribution is 2.59. The lowest BCUT2D eigenvalue weighted by atomic mass is 9.62. The molecule has 4 rings (SSSR count). The third-order valence-electron chi connectivity index (χ3n) is 7.13. The SMILES string of the molecule is C=C1C[C@H](O)[C@@]2(C)CCC3=C(CCc4cc(N(C(=O)COCC)S(=O)(=O)O)ccc43)[C@H]12. The molecule has 0 bridgehead atoms. The van der Waals surface area contributed by atoms with Gasteiger partial charge in [-0.3, -0.25) is 9.35 Å². The molecule has 7 nitrogen and oxygen atoms in total. The third kappa shape index (κ3) is 3.65. The lowest BCUT2D eigenvalue weighted by Crippen LogP contribution is -2.39. The van der Waals surface area contributed by atoms with Crippen molar-refractivity contribution in [3.05, 3.63) is 47.1 Å². The molecule has 1 saturated carbocycles. The summed E-state index contributed by atoms with van der Waals surface area (Å²) in [5, 5.41) is 10.6. The van der Waals surface area contributed by atoms with Crippen LogP contribution >= 0.6 is 0 Å². The first kappa shape index (κ1) is 22.2. The molecule has 1 aromatic rings. The van der Waals surface area contributed by atoms with E-state index in [4.69, 9.17) is 4.74 Å². The van der Waals surface area contributed by atoms with E-state index in [0.29, 0.717) is 17.1 Å². The van der Waals surface area contributed by atoms with Crippen molar-refractivity contribution < 1.29 is 27.6 Å². The number of hydrogen-bond donors (Lipinski definition) is 2. The molecule has 8 heteroatoms. The van der Waals surface area contributed by atoms with Crippen molar-refractivity contribution in [2.75, 3.05) is 17.5 Å². The number of carbonyl (C=O) groups is 1. The van der Waals surface area contributed by atoms with Crippen LogP contribution in [0.4, 0.5) is 5.69 Å². The van der Waals surface area contributed by atoms with E-state index in [2.05, 4.69) is 13.5 Å². The number of benzene rings is 1. The van der Waals surface area contributed by atoms with E-state index < -0.39 is 22.8 Å². The van der Waals surface area contributed by atoms with E-state index in [1.54, 1.807) is 19.1 Å². The molecular formula is C23H29NO6S. The molecule has 2 N–H and O–H groups in total. The minimum Gasteiger partial charge on any atom is -0.392 e. The molecule has 0 spiro atoms. The van der Waals surface area contributed by atoms with E-state index in [1.807, 2.05) is 6.07 Å². The molecule has 0 heterocycles. The van der Waals surface area contributed by atoms with Crippen LogP contribution in [-0.2, 0) is 26.3 Å². The van der Waals surface area contributed by atoms with Crippen LogP contribution in [0.1, 0.15) is 50.7 Å². The maximum atomic E-state index is 12.4. The number of hydrogen-bond acceptors (Lipinski definition) is 5. The largest absolute Gasteiger partial charge is 0.392 e. The van der Waals surface area contributed by atoms with Crippen molar-refractivity contribution in [3.8, 4) is 0 Å². The van der Waals surface area contributed by atoms with E-state index in [-0.39, 0.29) is 29.7 Å². The second-order valence-corrected chi connectivity index (χ2v) is 10.2. The number of fused-ring (bicyclic) bond motifs is 4. The fraction of sp³-hybridized carbons (Fsp3) is 0.522. The van der Waals surface area contributed by atoms with Gasteiger partial charge < -0.3 is 9.84 Å². The Hall–Kier alpha value is -2.00. The van der Waals surface area contributed by atoms with Crippen LogP contribution in [0.5, 0.6) is 0 Å². The number of anilines is 1. The van der Waals surface area contributed by atoms with Crippen molar-refractivity contribution in [2.45, 2.75) is 52.1 Å². The maximum Gasteiger partial charge on any atom is 0.366 e. The highest BCUT2D eigenvalue weighted by molar-refractivity contribution is 7.88. The van der Waals surface area contributed by atoms with Gasteiger partial charge >= 0.3 is 10.3 Å². The summed E-state index contributed by atoms with van der Waals surface area (Å²) >= 11 is 0. The Bertz CT molecular complexity index is 1080. The molecule has 0 radical (unpaired) electrons. The normalized spacial score (nSPS) is 27.5. The van der Waals surface area contributed by atoms with Crippen LogP contribution in [0.3, 0.4) is 0 Å². The van der Waals surface area contributed by atoms with Crippen LogP contribution in [0.2, 0.25) is 0 Å². The number of aliphatic hydroxyl groups is 1. The molecule has 31 heavy (non-hydrogen) atoms. The molecule has 0 aromatic heterocycles. The van der Waals surface area contributed by atoms with Crippen LogP contribution in [0.25, 0.3) is 5.57 Å². The molecule has 1 fully saturated rings. The topological polar surface area (TPSA) is 104 Å². The smallest absolute Gasteiger partial charge is 0.366 e. The number of allylic oxidation sites excluding steroid dienone is 2. The number of amides is 1. The van der Waals surface area contributed by atoms with Crippen molar-refractivity contribution in [1.29, 1.82) is 0 Å². The second-order valence-electron chi connectivity index (χ2n) is 8.94. The summed E-state index contributed by atoms with van der Waals surface area (Å²) in [6.07, 6.45) is 3.46. The zero-order valence-corrected chi connectivity index (χ0v) is 18.7. The van der Waals surface area contributed by atoms with Crippen LogP contribution < -0.4 is 4.31 Å². The first-order valence-corrected chi connectivity index (χ1v) is 12.1. The Morgan fingerprint density at radius 1 is 1.32 bits per heavy atom. The van der Waals surface area contributed by atoms with Gasteiger partial charge in [0.15, 0.2) is 0 Å². The van der Waals surface area contributed by atoms with Gasteiger partial charge in [-0.05, 0) is 67.9 Å². The Morgan fingerprint density at radius 2 is 2.06 bits per heavy atom. The minimum atomic E-state index is -4.78. The predicted molar refractivity (Wildman–Crippen MR) is 118 cm³/mol. The van der Waals surface area contributed by atoms with E-state index in [9.17, 15) is 22.9 Å². The molecular weight excluding hydrogens is 418 g/mol. The summed E-state index contributed by atoms with van der Waals surface area (Å²) in [4.78, 5) is 12.4. The molecule has 3 aliphatic carbocycles. The predicted octanol–water partition coefficient (Wildman–Crippen LogP) is 3.30. The maximum absolute atomic E-state index is 12.4. The molecule has 0 saturated heterocycles. The average Bonchev–Trinajstić information content (AvgIpc) is 2.93. The quantitative estimate of drug-likeness (QED) is 0.530. The fourth-order valence-corrected chi connectivity index (χ4v) is 6.37. The second kappa shape index (κ2) is 7.85. The number of rotatable bonds is 5. The van der Waals surface area contributed by atoms with Gasteiger partial charge in [0, 0.05) is 17.9 Å². The summed E-state index contributed by atoms with van der Waals surface area (Å²) in [7, 11) is -4.78. The lowest BCUT2D eigenvalue weighted by molar-refractivity contribution is -0.121. The van der Waals surface area contributed by atoms with Gasteiger partial charge in [-0.25, -0.2) is 0 Å². The van der Waals surface area contributed by atoms with Gasteiger partial charge in [-0.15, -0.1) is 0 Å². The molecule has 3 aliphatic rings. The Kier molecular flexibility index (Phi) is 5.62. The van der Waals surface area contributed by atoms with Crippen molar-refractivity contribution >= 4 is 27.5 Å². The van der Waals surface area contributed by atoms with Gasteiger partial charge in [0.05, 0.1) is 11.8 Å². The van der Waals surface area contributed by atoms with Crippen LogP contribution in [-0.4, -0.2) is 43.3 Å². The highest BCUT2D eigenvalue weighted by atomic mass is 32.2. The molecule has 0 aliphatic heterocycles. The third-order valence-corrected chi connectivity index (χ3v) is 8.01. The summed E-state index contributed by atoms with van der Waals surface area (Å²) in [5.74, 6) is -0.675. The van der Waals surface area contributed by atoms with E-state index >= 15 is 0 Å². The Labute approximate surface area is 183 Å². The Balaban J connectivity index is 1.73. The van der Waals surface area contributed by atoms with Crippen molar-refractivity contribution in [2.24, 2.45) is 11.3 Å². The van der Waals surface area contributed by atoms with E-state index in [1.165, 1.54) is 11.1 Å². The molecule has 0 unspecified atom stereocenters. The fourth-order valence-electron chi connectivity index (χ4n) is 5.68. The Morgan fingerprint density at radius 3 is 2.74 bits per heavy atom. The summed E-state index contributed by atoms with van der Waals surface area (Å²) < 4.78 is 38.9. The summed E-state index contributed by atoms with van der Waals surface area (Å²) in [6.45, 7) is 7.91. The number of carbonyl (C=O) groups excluding carboxylic acids is 1. The molecule has 1 amide bonds. The first-order chi connectivity index (χ1) is 14.6. The number of nitrogens with zero attached hydrogens (tertiary/aromatic N) is 1. The van der Waals surface area contributed by atoms with Crippen LogP contribution in [0, 0.1) is 11.3 Å². The summed E-state index contributed by atoms with van der Waals surface area (Å²) in [6, 6.07) is 5.06. The van der Waals surface area contributed by atoms with Gasteiger partial charge in [0.2, 0.25) is 0 Å². The van der Waals surface area contributed by atoms with Gasteiger partial charge in [-0.2, -0.15) is 12.7 Å². The van der Waals surface area contributed by atoms with Gasteiger partial charge in [0.25, 0.3) is 5.91 Å². The zero-order chi connectivity index (χ0) is 22.6. The average molecular weight is 448 g/mol. The first-order valence-electron chi connectivity index (χ1n) is 10.7. The molecule has 168 valence electrons. The van der Waals surface area contributed by atoms with Crippen molar-refractivity contribution in [3.63, 3.8) is 0 Å². The number of ether oxygens (including phenoxy) is 1. The summed E-state index contributed by atoms with van der Waals surface area (Å²) in [5.41, 5.74) is 5.58. The lowest BCUT2D eigenvalue weighted by Gasteiger charge is -2.43. The van der Waals surface area contributed by atoms with Crippen molar-refractivity contribution in [1.82, 2.24) is 0 Å².